The van der Waals surface area contributed by atoms with Gasteiger partial charge in [-0.05, 0) is 50.1 Å². The molecule has 0 amide bonds. The van der Waals surface area contributed by atoms with E-state index in [0.717, 1.165) is 30.6 Å². The molecule has 0 aliphatic heterocycles. The molecule has 0 saturated carbocycles. The summed E-state index contributed by atoms with van der Waals surface area (Å²) in [6.07, 6.45) is 1.89. The molecule has 0 fully saturated rings. The van der Waals surface area contributed by atoms with Crippen LogP contribution in [0.15, 0.2) is 18.2 Å². The summed E-state index contributed by atoms with van der Waals surface area (Å²) < 4.78 is 18.8. The molecule has 1 unspecified atom stereocenters. The number of halogens is 1. The summed E-state index contributed by atoms with van der Waals surface area (Å²) >= 11 is 0. The van der Waals surface area contributed by atoms with E-state index in [-0.39, 0.29) is 11.9 Å². The first kappa shape index (κ1) is 14.1. The van der Waals surface area contributed by atoms with E-state index >= 15 is 0 Å². The smallest absolute Gasteiger partial charge is 0.123 e. The molecule has 1 aromatic carbocycles. The van der Waals surface area contributed by atoms with Gasteiger partial charge in [0.2, 0.25) is 0 Å². The minimum atomic E-state index is -0.172. The molecular weight excluding hydrogens is 217 g/mol. The minimum Gasteiger partial charge on any atom is -0.381 e. The predicted octanol–water partition coefficient (Wildman–Crippen LogP) is 3.21. The summed E-state index contributed by atoms with van der Waals surface area (Å²) in [6.45, 7) is 5.49. The van der Waals surface area contributed by atoms with Crippen LogP contribution in [-0.2, 0) is 4.74 Å². The fourth-order valence-corrected chi connectivity index (χ4v) is 1.89. The summed E-state index contributed by atoms with van der Waals surface area (Å²) in [5.74, 6) is -0.172. The van der Waals surface area contributed by atoms with Crippen molar-refractivity contribution in [2.45, 2.75) is 32.7 Å². The highest BCUT2D eigenvalue weighted by atomic mass is 19.1. The maximum absolute atomic E-state index is 13.3. The van der Waals surface area contributed by atoms with Gasteiger partial charge in [0, 0.05) is 19.3 Å². The van der Waals surface area contributed by atoms with E-state index in [1.807, 2.05) is 20.0 Å². The fourth-order valence-electron chi connectivity index (χ4n) is 1.89. The van der Waals surface area contributed by atoms with Crippen molar-refractivity contribution in [2.24, 2.45) is 0 Å². The molecule has 1 N–H and O–H groups in total. The van der Waals surface area contributed by atoms with Gasteiger partial charge in [-0.3, -0.25) is 0 Å². The summed E-state index contributed by atoms with van der Waals surface area (Å²) in [5.41, 5.74) is 1.94. The molecule has 0 saturated heterocycles. The van der Waals surface area contributed by atoms with E-state index in [1.54, 1.807) is 12.1 Å². The van der Waals surface area contributed by atoms with E-state index in [2.05, 4.69) is 12.2 Å². The molecule has 96 valence electrons. The Labute approximate surface area is 103 Å². The largest absolute Gasteiger partial charge is 0.381 e. The molecule has 0 aliphatic rings. The third-order valence-electron chi connectivity index (χ3n) is 2.71. The Morgan fingerprint density at radius 2 is 2.06 bits per heavy atom. The third kappa shape index (κ3) is 4.84. The van der Waals surface area contributed by atoms with Crippen LogP contribution < -0.4 is 5.32 Å². The first-order chi connectivity index (χ1) is 8.17. The molecule has 2 nitrogen and oxygen atoms in total. The summed E-state index contributed by atoms with van der Waals surface area (Å²) in [4.78, 5) is 0. The summed E-state index contributed by atoms with van der Waals surface area (Å²) in [5, 5.41) is 3.20. The van der Waals surface area contributed by atoms with E-state index in [9.17, 15) is 4.39 Å². The van der Waals surface area contributed by atoms with Gasteiger partial charge in [-0.25, -0.2) is 4.39 Å². The molecule has 0 heterocycles. The maximum atomic E-state index is 13.3. The maximum Gasteiger partial charge on any atom is 0.123 e. The Morgan fingerprint density at radius 3 is 2.65 bits per heavy atom. The van der Waals surface area contributed by atoms with Crippen LogP contribution in [0.5, 0.6) is 0 Å². The normalized spacial score (nSPS) is 12.7. The van der Waals surface area contributed by atoms with E-state index in [1.165, 1.54) is 0 Å². The fraction of sp³-hybridized carbons (Fsp3) is 0.571. The second kappa shape index (κ2) is 7.41. The van der Waals surface area contributed by atoms with Gasteiger partial charge in [-0.15, -0.1) is 0 Å². The second-order valence-electron chi connectivity index (χ2n) is 4.30. The monoisotopic (exact) mass is 239 g/mol. The molecule has 17 heavy (non-hydrogen) atoms. The molecular formula is C14H22FNO. The first-order valence-corrected chi connectivity index (χ1v) is 6.19. The Kier molecular flexibility index (Phi) is 6.16. The topological polar surface area (TPSA) is 21.3 Å². The van der Waals surface area contributed by atoms with Crippen molar-refractivity contribution < 1.29 is 9.13 Å². The van der Waals surface area contributed by atoms with Gasteiger partial charge in [0.25, 0.3) is 0 Å². The van der Waals surface area contributed by atoms with Gasteiger partial charge >= 0.3 is 0 Å². The van der Waals surface area contributed by atoms with Crippen LogP contribution in [-0.4, -0.2) is 20.3 Å². The van der Waals surface area contributed by atoms with Crippen LogP contribution in [0.4, 0.5) is 4.39 Å². The van der Waals surface area contributed by atoms with Gasteiger partial charge in [-0.1, -0.05) is 13.0 Å². The number of benzene rings is 1. The first-order valence-electron chi connectivity index (χ1n) is 6.19. The van der Waals surface area contributed by atoms with Crippen LogP contribution in [0.3, 0.4) is 0 Å². The molecule has 1 rings (SSSR count). The van der Waals surface area contributed by atoms with Crippen LogP contribution in [0.25, 0.3) is 0 Å². The van der Waals surface area contributed by atoms with Gasteiger partial charge in [0.15, 0.2) is 0 Å². The average Bonchev–Trinajstić information content (AvgIpc) is 2.28. The standard InChI is InChI=1S/C14H22FNO/c1-4-6-17-7-5-14(16-3)12-8-11(2)9-13(15)10-12/h8-10,14,16H,4-7H2,1-3H3. The predicted molar refractivity (Wildman–Crippen MR) is 68.7 cm³/mol. The van der Waals surface area contributed by atoms with Crippen molar-refractivity contribution in [2.75, 3.05) is 20.3 Å². The molecule has 0 aliphatic carbocycles. The third-order valence-corrected chi connectivity index (χ3v) is 2.71. The molecule has 3 heteroatoms. The van der Waals surface area contributed by atoms with Crippen LogP contribution >= 0.6 is 0 Å². The van der Waals surface area contributed by atoms with Crippen LogP contribution in [0, 0.1) is 12.7 Å². The Balaban J connectivity index is 2.59. The molecule has 0 bridgehead atoms. The zero-order valence-corrected chi connectivity index (χ0v) is 10.9. The Bertz CT molecular complexity index is 321. The molecule has 0 radical (unpaired) electrons. The molecule has 0 spiro atoms. The van der Waals surface area contributed by atoms with Crippen molar-refractivity contribution in [1.29, 1.82) is 0 Å². The zero-order valence-electron chi connectivity index (χ0n) is 10.9. The van der Waals surface area contributed by atoms with E-state index in [4.69, 9.17) is 4.74 Å². The second-order valence-corrected chi connectivity index (χ2v) is 4.30. The van der Waals surface area contributed by atoms with Gasteiger partial charge in [0.05, 0.1) is 0 Å². The summed E-state index contributed by atoms with van der Waals surface area (Å²) in [6, 6.07) is 5.31. The van der Waals surface area contributed by atoms with E-state index < -0.39 is 0 Å². The van der Waals surface area contributed by atoms with Gasteiger partial charge in [0.1, 0.15) is 5.82 Å². The van der Waals surface area contributed by atoms with Crippen molar-refractivity contribution in [1.82, 2.24) is 5.32 Å². The van der Waals surface area contributed by atoms with Crippen molar-refractivity contribution in [3.63, 3.8) is 0 Å². The lowest BCUT2D eigenvalue weighted by Crippen LogP contribution is -2.18. The van der Waals surface area contributed by atoms with Gasteiger partial charge < -0.3 is 10.1 Å². The van der Waals surface area contributed by atoms with Crippen LogP contribution in [0.1, 0.15) is 36.9 Å². The molecule has 1 aromatic rings. The number of aryl methyl sites for hydroxylation is 1. The zero-order chi connectivity index (χ0) is 12.7. The van der Waals surface area contributed by atoms with Crippen molar-refractivity contribution >= 4 is 0 Å². The van der Waals surface area contributed by atoms with Crippen molar-refractivity contribution in [3.8, 4) is 0 Å². The molecule has 1 atom stereocenters. The number of rotatable bonds is 7. The lowest BCUT2D eigenvalue weighted by atomic mass is 10.0. The highest BCUT2D eigenvalue weighted by Gasteiger charge is 2.10. The Morgan fingerprint density at radius 1 is 1.29 bits per heavy atom. The van der Waals surface area contributed by atoms with Gasteiger partial charge in [-0.2, -0.15) is 0 Å². The minimum absolute atomic E-state index is 0.154. The number of hydrogen-bond acceptors (Lipinski definition) is 2. The lowest BCUT2D eigenvalue weighted by molar-refractivity contribution is 0.125. The number of nitrogens with one attached hydrogen (secondary N) is 1. The number of hydrogen-bond donors (Lipinski definition) is 1. The average molecular weight is 239 g/mol. The highest BCUT2D eigenvalue weighted by Crippen LogP contribution is 2.19. The quantitative estimate of drug-likeness (QED) is 0.738. The van der Waals surface area contributed by atoms with Crippen molar-refractivity contribution in [3.05, 3.63) is 35.1 Å². The van der Waals surface area contributed by atoms with E-state index in [0.29, 0.717) is 6.61 Å². The van der Waals surface area contributed by atoms with Crippen LogP contribution in [0.2, 0.25) is 0 Å². The Hall–Kier alpha value is -0.930. The number of ether oxygens (including phenoxy) is 1. The SMILES string of the molecule is CCCOCCC(NC)c1cc(C)cc(F)c1. The highest BCUT2D eigenvalue weighted by molar-refractivity contribution is 5.26. The molecule has 0 aromatic heterocycles. The summed E-state index contributed by atoms with van der Waals surface area (Å²) in [7, 11) is 1.89. The lowest BCUT2D eigenvalue weighted by Gasteiger charge is -2.17.